The molecule has 2 aliphatic rings. The van der Waals surface area contributed by atoms with Gasteiger partial charge in [-0.1, -0.05) is 25.2 Å². The van der Waals surface area contributed by atoms with Crippen LogP contribution in [0.5, 0.6) is 0 Å². The van der Waals surface area contributed by atoms with Gasteiger partial charge in [0.2, 0.25) is 0 Å². The number of nitrogens with one attached hydrogen (secondary N) is 1. The SMILES string of the molecule is CC=C(CC)C1=C(OC2CC(NC)C2)CCC=C1. The summed E-state index contributed by atoms with van der Waals surface area (Å²) in [6.45, 7) is 4.33. The largest absolute Gasteiger partial charge is 0.494 e. The summed E-state index contributed by atoms with van der Waals surface area (Å²) in [7, 11) is 2.03. The Labute approximate surface area is 111 Å². The van der Waals surface area contributed by atoms with Gasteiger partial charge in [-0.05, 0) is 45.2 Å². The third-order valence-electron chi connectivity index (χ3n) is 4.01. The van der Waals surface area contributed by atoms with Gasteiger partial charge in [0.1, 0.15) is 11.9 Å². The lowest BCUT2D eigenvalue weighted by atomic mass is 9.89. The fraction of sp³-hybridized carbons (Fsp3) is 0.625. The molecule has 0 spiro atoms. The Morgan fingerprint density at radius 1 is 1.50 bits per heavy atom. The Balaban J connectivity index is 2.05. The van der Waals surface area contributed by atoms with Crippen molar-refractivity contribution >= 4 is 0 Å². The van der Waals surface area contributed by atoms with E-state index in [1.165, 1.54) is 16.9 Å². The zero-order valence-corrected chi connectivity index (χ0v) is 11.8. The van der Waals surface area contributed by atoms with Crippen molar-refractivity contribution in [2.45, 2.75) is 58.1 Å². The molecule has 0 heterocycles. The molecular formula is C16H25NO. The quantitative estimate of drug-likeness (QED) is 0.799. The maximum atomic E-state index is 6.20. The molecule has 0 bridgehead atoms. The molecule has 0 aromatic carbocycles. The van der Waals surface area contributed by atoms with Crippen molar-refractivity contribution in [3.63, 3.8) is 0 Å². The second-order valence-electron chi connectivity index (χ2n) is 5.14. The third kappa shape index (κ3) is 2.86. The topological polar surface area (TPSA) is 21.3 Å². The monoisotopic (exact) mass is 247 g/mol. The molecule has 0 radical (unpaired) electrons. The Morgan fingerprint density at radius 3 is 2.89 bits per heavy atom. The summed E-state index contributed by atoms with van der Waals surface area (Å²) >= 11 is 0. The van der Waals surface area contributed by atoms with Gasteiger partial charge in [0.05, 0.1) is 0 Å². The molecule has 1 saturated carbocycles. The molecule has 2 rings (SSSR count). The zero-order valence-electron chi connectivity index (χ0n) is 11.8. The normalized spacial score (nSPS) is 28.3. The van der Waals surface area contributed by atoms with Crippen molar-refractivity contribution in [1.82, 2.24) is 5.32 Å². The van der Waals surface area contributed by atoms with E-state index in [0.717, 1.165) is 32.1 Å². The number of hydrogen-bond donors (Lipinski definition) is 1. The lowest BCUT2D eigenvalue weighted by molar-refractivity contribution is 0.0244. The molecule has 18 heavy (non-hydrogen) atoms. The second kappa shape index (κ2) is 6.24. The molecule has 0 aromatic heterocycles. The van der Waals surface area contributed by atoms with Gasteiger partial charge in [-0.3, -0.25) is 0 Å². The molecule has 2 heteroatoms. The van der Waals surface area contributed by atoms with Crippen LogP contribution in [-0.2, 0) is 4.74 Å². The molecule has 1 N–H and O–H groups in total. The highest BCUT2D eigenvalue weighted by Crippen LogP contribution is 2.32. The van der Waals surface area contributed by atoms with Crippen molar-refractivity contribution in [2.75, 3.05) is 7.05 Å². The maximum absolute atomic E-state index is 6.20. The molecule has 0 aliphatic heterocycles. The highest BCUT2D eigenvalue weighted by Gasteiger charge is 2.30. The molecule has 0 unspecified atom stereocenters. The molecule has 2 aliphatic carbocycles. The number of rotatable bonds is 5. The second-order valence-corrected chi connectivity index (χ2v) is 5.14. The minimum atomic E-state index is 0.425. The first-order valence-corrected chi connectivity index (χ1v) is 7.17. The van der Waals surface area contributed by atoms with Gasteiger partial charge in [-0.2, -0.15) is 0 Å². The molecular weight excluding hydrogens is 222 g/mol. The highest BCUT2D eigenvalue weighted by atomic mass is 16.5. The van der Waals surface area contributed by atoms with E-state index in [0.29, 0.717) is 12.1 Å². The first kappa shape index (κ1) is 13.4. The van der Waals surface area contributed by atoms with E-state index in [4.69, 9.17) is 4.74 Å². The molecule has 0 saturated heterocycles. The van der Waals surface area contributed by atoms with Gasteiger partial charge < -0.3 is 10.1 Å². The molecule has 2 nitrogen and oxygen atoms in total. The average molecular weight is 247 g/mol. The number of allylic oxidation sites excluding steroid dienone is 6. The Morgan fingerprint density at radius 2 is 2.28 bits per heavy atom. The fourth-order valence-corrected chi connectivity index (χ4v) is 2.70. The Hall–Kier alpha value is -1.02. The minimum absolute atomic E-state index is 0.425. The molecule has 1 fully saturated rings. The van der Waals surface area contributed by atoms with Gasteiger partial charge in [-0.25, -0.2) is 0 Å². The van der Waals surface area contributed by atoms with E-state index in [9.17, 15) is 0 Å². The van der Waals surface area contributed by atoms with Crippen LogP contribution in [0.4, 0.5) is 0 Å². The summed E-state index contributed by atoms with van der Waals surface area (Å²) in [4.78, 5) is 0. The summed E-state index contributed by atoms with van der Waals surface area (Å²) in [5, 5.41) is 3.30. The van der Waals surface area contributed by atoms with Crippen LogP contribution >= 0.6 is 0 Å². The molecule has 0 atom stereocenters. The maximum Gasteiger partial charge on any atom is 0.104 e. The van der Waals surface area contributed by atoms with Crippen LogP contribution in [0.15, 0.2) is 35.1 Å². The first-order valence-electron chi connectivity index (χ1n) is 7.17. The van der Waals surface area contributed by atoms with Crippen LogP contribution in [0.2, 0.25) is 0 Å². The third-order valence-corrected chi connectivity index (χ3v) is 4.01. The predicted octanol–water partition coefficient (Wildman–Crippen LogP) is 3.71. The molecule has 0 amide bonds. The van der Waals surface area contributed by atoms with E-state index in [-0.39, 0.29) is 0 Å². The van der Waals surface area contributed by atoms with Crippen molar-refractivity contribution in [2.24, 2.45) is 0 Å². The van der Waals surface area contributed by atoms with Crippen molar-refractivity contribution in [3.05, 3.63) is 35.1 Å². The van der Waals surface area contributed by atoms with Crippen LogP contribution in [0, 0.1) is 0 Å². The lowest BCUT2D eigenvalue weighted by Crippen LogP contribution is -2.43. The van der Waals surface area contributed by atoms with E-state index in [2.05, 4.69) is 37.4 Å². The van der Waals surface area contributed by atoms with Gasteiger partial charge in [-0.15, -0.1) is 0 Å². The smallest absolute Gasteiger partial charge is 0.104 e. The average Bonchev–Trinajstić information content (AvgIpc) is 2.36. The van der Waals surface area contributed by atoms with E-state index in [1.54, 1.807) is 0 Å². The highest BCUT2D eigenvalue weighted by molar-refractivity contribution is 5.43. The van der Waals surface area contributed by atoms with E-state index >= 15 is 0 Å². The Bertz CT molecular complexity index is 373. The van der Waals surface area contributed by atoms with Crippen molar-refractivity contribution in [1.29, 1.82) is 0 Å². The van der Waals surface area contributed by atoms with Gasteiger partial charge in [0, 0.05) is 18.0 Å². The zero-order chi connectivity index (χ0) is 13.0. The minimum Gasteiger partial charge on any atom is -0.494 e. The summed E-state index contributed by atoms with van der Waals surface area (Å²) in [6.07, 6.45) is 12.7. The standard InChI is InChI=1S/C16H25NO/c1-4-12(5-2)15-8-6-7-9-16(15)18-14-10-13(11-14)17-3/h4,6,8,13-14,17H,5,7,9-11H2,1-3H3. The summed E-state index contributed by atoms with van der Waals surface area (Å²) in [5.74, 6) is 1.21. The summed E-state index contributed by atoms with van der Waals surface area (Å²) < 4.78 is 6.20. The van der Waals surface area contributed by atoms with Crippen molar-refractivity contribution < 1.29 is 4.74 Å². The molecule has 0 aromatic rings. The van der Waals surface area contributed by atoms with Crippen LogP contribution in [0.25, 0.3) is 0 Å². The number of hydrogen-bond acceptors (Lipinski definition) is 2. The molecule has 100 valence electrons. The predicted molar refractivity (Wildman–Crippen MR) is 76.4 cm³/mol. The summed E-state index contributed by atoms with van der Waals surface area (Å²) in [6, 6.07) is 0.658. The van der Waals surface area contributed by atoms with Crippen LogP contribution < -0.4 is 5.32 Å². The van der Waals surface area contributed by atoms with Crippen molar-refractivity contribution in [3.8, 4) is 0 Å². The van der Waals surface area contributed by atoms with Crippen LogP contribution in [-0.4, -0.2) is 19.2 Å². The van der Waals surface area contributed by atoms with Gasteiger partial charge >= 0.3 is 0 Å². The Kier molecular flexibility index (Phi) is 4.65. The van der Waals surface area contributed by atoms with E-state index in [1.807, 2.05) is 7.05 Å². The van der Waals surface area contributed by atoms with Crippen LogP contribution in [0.1, 0.15) is 46.0 Å². The lowest BCUT2D eigenvalue weighted by Gasteiger charge is -2.36. The number of ether oxygens (including phenoxy) is 1. The van der Waals surface area contributed by atoms with E-state index < -0.39 is 0 Å². The van der Waals surface area contributed by atoms with Gasteiger partial charge in [0.15, 0.2) is 0 Å². The first-order chi connectivity index (χ1) is 8.78. The fourth-order valence-electron chi connectivity index (χ4n) is 2.70. The summed E-state index contributed by atoms with van der Waals surface area (Å²) in [5.41, 5.74) is 2.74. The van der Waals surface area contributed by atoms with Crippen LogP contribution in [0.3, 0.4) is 0 Å². The van der Waals surface area contributed by atoms with Gasteiger partial charge in [0.25, 0.3) is 0 Å².